The van der Waals surface area contributed by atoms with Gasteiger partial charge in [-0.1, -0.05) is 30.3 Å². The van der Waals surface area contributed by atoms with Gasteiger partial charge in [-0.25, -0.2) is 0 Å². The van der Waals surface area contributed by atoms with Crippen LogP contribution < -0.4 is 11.1 Å². The monoisotopic (exact) mass is 548 g/mol. The summed E-state index contributed by atoms with van der Waals surface area (Å²) in [7, 11) is 0. The Balaban J connectivity index is 0.989. The zero-order chi connectivity index (χ0) is 27.4. The van der Waals surface area contributed by atoms with Gasteiger partial charge >= 0.3 is 0 Å². The van der Waals surface area contributed by atoms with Crippen LogP contribution in [0, 0.1) is 0 Å². The molecule has 8 rings (SSSR count). The molecular weight excluding hydrogens is 512 g/mol. The number of nitrogens with one attached hydrogen (secondary N) is 1. The fraction of sp³-hybridized carbons (Fsp3) is 0.438. The van der Waals surface area contributed by atoms with Crippen molar-refractivity contribution < 1.29 is 4.74 Å². The van der Waals surface area contributed by atoms with Crippen molar-refractivity contribution in [1.82, 2.24) is 29.9 Å². The van der Waals surface area contributed by atoms with E-state index in [0.29, 0.717) is 17.8 Å². The number of morpholine rings is 1. The molecule has 9 nitrogen and oxygen atoms in total. The van der Waals surface area contributed by atoms with Gasteiger partial charge in [0, 0.05) is 30.4 Å². The van der Waals surface area contributed by atoms with E-state index in [9.17, 15) is 0 Å². The number of anilines is 3. The molecule has 1 unspecified atom stereocenters. The highest BCUT2D eigenvalue weighted by atomic mass is 16.5. The summed E-state index contributed by atoms with van der Waals surface area (Å²) in [5.74, 6) is 1.33. The van der Waals surface area contributed by atoms with Gasteiger partial charge < -0.3 is 15.8 Å². The van der Waals surface area contributed by atoms with Gasteiger partial charge in [0.25, 0.3) is 0 Å². The zero-order valence-electron chi connectivity index (χ0n) is 23.4. The van der Waals surface area contributed by atoms with Crippen molar-refractivity contribution in [3.63, 3.8) is 0 Å². The minimum atomic E-state index is 0.183. The second-order valence-electron chi connectivity index (χ2n) is 12.1. The highest BCUT2D eigenvalue weighted by Crippen LogP contribution is 2.43. The van der Waals surface area contributed by atoms with Crippen molar-refractivity contribution in [1.29, 1.82) is 0 Å². The summed E-state index contributed by atoms with van der Waals surface area (Å²) in [6, 6.07) is 17.8. The van der Waals surface area contributed by atoms with Crippen molar-refractivity contribution in [3.05, 3.63) is 70.8 Å². The van der Waals surface area contributed by atoms with E-state index in [-0.39, 0.29) is 11.5 Å². The van der Waals surface area contributed by atoms with Crippen molar-refractivity contribution in [2.75, 3.05) is 30.7 Å². The Morgan fingerprint density at radius 1 is 0.902 bits per heavy atom. The van der Waals surface area contributed by atoms with Gasteiger partial charge in [0.15, 0.2) is 5.82 Å². The molecule has 3 heterocycles. The molecule has 3 aliphatic carbocycles. The Kier molecular flexibility index (Phi) is 6.03. The highest BCUT2D eigenvalue weighted by molar-refractivity contribution is 5.68. The number of nitrogens with two attached hydrogens (primary N) is 1. The van der Waals surface area contributed by atoms with Gasteiger partial charge in [0.05, 0.1) is 17.9 Å². The van der Waals surface area contributed by atoms with E-state index < -0.39 is 0 Å². The fourth-order valence-electron chi connectivity index (χ4n) is 7.01. The highest BCUT2D eigenvalue weighted by Gasteiger charge is 2.48. The van der Waals surface area contributed by atoms with Crippen LogP contribution in [0.5, 0.6) is 0 Å². The molecule has 9 heteroatoms. The maximum absolute atomic E-state index is 6.32. The first-order valence-electron chi connectivity index (χ1n) is 15.1. The number of ether oxygens (including phenoxy) is 1. The molecule has 41 heavy (non-hydrogen) atoms. The summed E-state index contributed by atoms with van der Waals surface area (Å²) in [5, 5.41) is 17.2. The molecule has 1 atom stereocenters. The van der Waals surface area contributed by atoms with Crippen molar-refractivity contribution in [2.45, 2.75) is 69.4 Å². The largest absolute Gasteiger partial charge is 0.372 e. The smallest absolute Gasteiger partial charge is 0.248 e. The predicted octanol–water partition coefficient (Wildman–Crippen LogP) is 4.65. The molecule has 210 valence electrons. The van der Waals surface area contributed by atoms with Gasteiger partial charge in [-0.05, 0) is 98.2 Å². The summed E-state index contributed by atoms with van der Waals surface area (Å²) in [5.41, 5.74) is 15.0. The summed E-state index contributed by atoms with van der Waals surface area (Å²) < 4.78 is 7.64. The minimum Gasteiger partial charge on any atom is -0.372 e. The minimum absolute atomic E-state index is 0.183. The summed E-state index contributed by atoms with van der Waals surface area (Å²) >= 11 is 0. The molecule has 1 spiro atoms. The standard InChI is InChI=1S/C32H36N8O/c33-30-35-31(38-40(30)28-19-24-6-3-5-22-4-1-2-7-27(22)29(24)37-36-28)34-25-11-8-21-9-12-26(13-10-23(21)18-25)39-16-17-41-32(20-39)14-15-32/h1-2,4,7-8,11,18-19,26H,3,5-6,9-10,12-17,20H2,(H3,33,34,35,38). The number of rotatable bonds is 4. The van der Waals surface area contributed by atoms with Crippen LogP contribution in [-0.4, -0.2) is 61.2 Å². The van der Waals surface area contributed by atoms with Gasteiger partial charge in [-0.15, -0.1) is 15.3 Å². The molecule has 0 radical (unpaired) electrons. The lowest BCUT2D eigenvalue weighted by Crippen LogP contribution is -2.49. The van der Waals surface area contributed by atoms with E-state index in [1.165, 1.54) is 47.9 Å². The molecule has 1 saturated carbocycles. The van der Waals surface area contributed by atoms with Crippen LogP contribution in [0.1, 0.15) is 54.4 Å². The number of fused-ring (bicyclic) bond motifs is 4. The number of benzene rings is 2. The average Bonchev–Trinajstić information content (AvgIpc) is 3.72. The molecule has 1 saturated heterocycles. The van der Waals surface area contributed by atoms with Crippen molar-refractivity contribution in [2.24, 2.45) is 0 Å². The van der Waals surface area contributed by atoms with Crippen LogP contribution in [0.3, 0.4) is 0 Å². The van der Waals surface area contributed by atoms with Gasteiger partial charge in [0.1, 0.15) is 0 Å². The second kappa shape index (κ2) is 9.92. The molecule has 2 aromatic heterocycles. The molecule has 2 fully saturated rings. The molecule has 4 aliphatic rings. The molecule has 2 aromatic carbocycles. The number of hydrogen-bond donors (Lipinski definition) is 2. The maximum Gasteiger partial charge on any atom is 0.248 e. The lowest BCUT2D eigenvalue weighted by molar-refractivity contribution is -0.0613. The average molecular weight is 549 g/mol. The molecule has 0 amide bonds. The van der Waals surface area contributed by atoms with Crippen molar-refractivity contribution >= 4 is 17.6 Å². The fourth-order valence-corrected chi connectivity index (χ4v) is 7.01. The molecule has 1 aliphatic heterocycles. The van der Waals surface area contributed by atoms with Gasteiger partial charge in [0.2, 0.25) is 11.9 Å². The first-order chi connectivity index (χ1) is 20.1. The third kappa shape index (κ3) is 4.77. The quantitative estimate of drug-likeness (QED) is 0.355. The third-order valence-electron chi connectivity index (χ3n) is 9.43. The van der Waals surface area contributed by atoms with Crippen LogP contribution in [0.4, 0.5) is 17.6 Å². The Morgan fingerprint density at radius 3 is 2.66 bits per heavy atom. The summed E-state index contributed by atoms with van der Waals surface area (Å²) in [6.45, 7) is 3.05. The van der Waals surface area contributed by atoms with Crippen LogP contribution in [0.15, 0.2) is 48.5 Å². The second-order valence-corrected chi connectivity index (χ2v) is 12.1. The Labute approximate surface area is 240 Å². The third-order valence-corrected chi connectivity index (χ3v) is 9.43. The van der Waals surface area contributed by atoms with Crippen LogP contribution >= 0.6 is 0 Å². The van der Waals surface area contributed by atoms with E-state index in [1.54, 1.807) is 4.68 Å². The lowest BCUT2D eigenvalue weighted by Gasteiger charge is -2.38. The Hall–Kier alpha value is -3.82. The van der Waals surface area contributed by atoms with Crippen LogP contribution in [0.2, 0.25) is 0 Å². The number of nitrogen functional groups attached to an aromatic ring is 1. The van der Waals surface area contributed by atoms with E-state index in [0.717, 1.165) is 68.7 Å². The molecule has 0 bridgehead atoms. The summed E-state index contributed by atoms with van der Waals surface area (Å²) in [4.78, 5) is 7.20. The summed E-state index contributed by atoms with van der Waals surface area (Å²) in [6.07, 6.45) is 10.1. The van der Waals surface area contributed by atoms with E-state index >= 15 is 0 Å². The van der Waals surface area contributed by atoms with E-state index in [4.69, 9.17) is 10.5 Å². The van der Waals surface area contributed by atoms with Crippen LogP contribution in [0.25, 0.3) is 17.1 Å². The van der Waals surface area contributed by atoms with Crippen molar-refractivity contribution in [3.8, 4) is 17.1 Å². The number of aryl methyl sites for hydroxylation is 4. The number of hydrogen-bond acceptors (Lipinski definition) is 8. The lowest BCUT2D eigenvalue weighted by atomic mass is 10.0. The van der Waals surface area contributed by atoms with E-state index in [2.05, 4.69) is 79.0 Å². The van der Waals surface area contributed by atoms with Gasteiger partial charge in [-0.3, -0.25) is 4.90 Å². The molecular formula is C32H36N8O. The van der Waals surface area contributed by atoms with Crippen LogP contribution in [-0.2, 0) is 30.4 Å². The Bertz CT molecular complexity index is 1610. The molecule has 4 aromatic rings. The zero-order valence-corrected chi connectivity index (χ0v) is 23.4. The predicted molar refractivity (Wildman–Crippen MR) is 158 cm³/mol. The maximum atomic E-state index is 6.32. The van der Waals surface area contributed by atoms with Gasteiger partial charge in [-0.2, -0.15) is 9.67 Å². The Morgan fingerprint density at radius 2 is 1.76 bits per heavy atom. The topological polar surface area (TPSA) is 107 Å². The molecule has 3 N–H and O–H groups in total. The first kappa shape index (κ1) is 24.9. The van der Waals surface area contributed by atoms with E-state index in [1.807, 2.05) is 0 Å². The normalized spacial score (nSPS) is 21.3. The SMILES string of the molecule is Nc1nc(Nc2ccc3c(c2)CCC(N2CCOC4(CC4)C2)CC3)nn1-c1cc2c(nn1)-c1ccccc1CCC2. The number of aromatic nitrogens is 5. The first-order valence-corrected chi connectivity index (χ1v) is 15.1. The number of nitrogens with zero attached hydrogens (tertiary/aromatic N) is 6.